The zero-order valence-electron chi connectivity index (χ0n) is 10.6. The molecule has 0 unspecified atom stereocenters. The molecule has 0 amide bonds. The monoisotopic (exact) mass is 290 g/mol. The molecule has 0 atom stereocenters. The van der Waals surface area contributed by atoms with E-state index in [0.29, 0.717) is 11.3 Å². The van der Waals surface area contributed by atoms with Gasteiger partial charge in [-0.25, -0.2) is 0 Å². The van der Waals surface area contributed by atoms with Crippen LogP contribution in [0.5, 0.6) is 5.75 Å². The van der Waals surface area contributed by atoms with Crippen LogP contribution >= 0.6 is 0 Å². The average Bonchev–Trinajstić information content (AvgIpc) is 2.38. The number of benzene rings is 2. The van der Waals surface area contributed by atoms with Gasteiger partial charge in [0.05, 0.1) is 0 Å². The van der Waals surface area contributed by atoms with Crippen molar-refractivity contribution < 1.29 is 12.6 Å². The summed E-state index contributed by atoms with van der Waals surface area (Å²) in [7, 11) is -4.04. The summed E-state index contributed by atoms with van der Waals surface area (Å²) in [5.41, 5.74) is 7.83. The van der Waals surface area contributed by atoms with Crippen molar-refractivity contribution in [2.24, 2.45) is 5.14 Å². The van der Waals surface area contributed by atoms with E-state index in [1.54, 1.807) is 36.4 Å². The Hall–Kier alpha value is -2.31. The summed E-state index contributed by atoms with van der Waals surface area (Å²) in [6.45, 7) is 0. The largest absolute Gasteiger partial charge is 0.399 e. The lowest BCUT2D eigenvalue weighted by Gasteiger charge is -2.05. The third-order valence-corrected chi connectivity index (χ3v) is 2.93. The molecule has 0 aliphatic rings. The summed E-state index contributed by atoms with van der Waals surface area (Å²) in [6, 6.07) is 14.0. The number of hydrogen-bond donors (Lipinski definition) is 2. The molecule has 0 saturated heterocycles. The molecule has 0 bridgehead atoms. The smallest absolute Gasteiger partial charge is 0.380 e. The van der Waals surface area contributed by atoms with E-state index >= 15 is 0 Å². The molecule has 4 N–H and O–H groups in total. The lowest BCUT2D eigenvalue weighted by Crippen LogP contribution is -2.19. The van der Waals surface area contributed by atoms with Crippen LogP contribution in [0.15, 0.2) is 48.5 Å². The number of nitrogen functional groups attached to an aromatic ring is 1. The van der Waals surface area contributed by atoms with Gasteiger partial charge in [0.15, 0.2) is 5.75 Å². The second-order valence-corrected chi connectivity index (χ2v) is 5.27. The Kier molecular flexibility index (Phi) is 4.07. The molecule has 0 radical (unpaired) electrons. The standard InChI is InChI=1S/C14H14N2O3S/c15-13-9-6-11(7-10-13)5-8-12-3-1-2-4-14(12)19-20(16,17)18/h1-10H,15H2,(H2,16,17,18)/b8-5-. The summed E-state index contributed by atoms with van der Waals surface area (Å²) in [5, 5.41) is 4.87. The van der Waals surface area contributed by atoms with Crippen LogP contribution in [0.25, 0.3) is 12.2 Å². The van der Waals surface area contributed by atoms with Crippen molar-refractivity contribution in [3.8, 4) is 5.75 Å². The van der Waals surface area contributed by atoms with Crippen molar-refractivity contribution in [2.75, 3.05) is 5.73 Å². The summed E-state index contributed by atoms with van der Waals surface area (Å²) >= 11 is 0. The highest BCUT2D eigenvalue weighted by Gasteiger charge is 2.07. The molecule has 0 spiro atoms. The molecule has 2 aromatic rings. The van der Waals surface area contributed by atoms with Crippen molar-refractivity contribution in [1.29, 1.82) is 0 Å². The maximum atomic E-state index is 11.0. The van der Waals surface area contributed by atoms with Gasteiger partial charge in [-0.15, -0.1) is 0 Å². The van der Waals surface area contributed by atoms with Gasteiger partial charge in [-0.3, -0.25) is 0 Å². The molecule has 0 aromatic heterocycles. The lowest BCUT2D eigenvalue weighted by molar-refractivity contribution is 0.487. The first kappa shape index (κ1) is 14.1. The minimum absolute atomic E-state index is 0.182. The summed E-state index contributed by atoms with van der Waals surface area (Å²) in [4.78, 5) is 0. The maximum absolute atomic E-state index is 11.0. The van der Waals surface area contributed by atoms with Gasteiger partial charge in [0, 0.05) is 11.3 Å². The van der Waals surface area contributed by atoms with Crippen molar-refractivity contribution in [1.82, 2.24) is 0 Å². The minimum Gasteiger partial charge on any atom is -0.399 e. The van der Waals surface area contributed by atoms with Crippen LogP contribution in [0.1, 0.15) is 11.1 Å². The van der Waals surface area contributed by atoms with Crippen molar-refractivity contribution in [2.45, 2.75) is 0 Å². The molecule has 104 valence electrons. The van der Waals surface area contributed by atoms with Gasteiger partial charge in [0.25, 0.3) is 0 Å². The van der Waals surface area contributed by atoms with Crippen LogP contribution in [0, 0.1) is 0 Å². The molecular formula is C14H14N2O3S. The number of hydrogen-bond acceptors (Lipinski definition) is 4. The molecule has 20 heavy (non-hydrogen) atoms. The van der Waals surface area contributed by atoms with Gasteiger partial charge in [-0.2, -0.15) is 13.6 Å². The Morgan fingerprint density at radius 2 is 1.60 bits per heavy atom. The van der Waals surface area contributed by atoms with E-state index in [1.165, 1.54) is 6.07 Å². The SMILES string of the molecule is Nc1ccc(/C=C\c2ccccc2OS(N)(=O)=O)cc1. The third-order valence-electron chi connectivity index (χ3n) is 2.52. The van der Waals surface area contributed by atoms with Gasteiger partial charge in [-0.1, -0.05) is 42.5 Å². The Labute approximate surface area is 117 Å². The Balaban J connectivity index is 2.27. The van der Waals surface area contributed by atoms with E-state index in [9.17, 15) is 8.42 Å². The molecule has 6 heteroatoms. The molecule has 2 aromatic carbocycles. The van der Waals surface area contributed by atoms with Gasteiger partial charge in [0.1, 0.15) is 0 Å². The summed E-state index contributed by atoms with van der Waals surface area (Å²) < 4.78 is 26.7. The van der Waals surface area contributed by atoms with Crippen LogP contribution < -0.4 is 15.1 Å². The third kappa shape index (κ3) is 4.11. The van der Waals surface area contributed by atoms with E-state index in [4.69, 9.17) is 15.1 Å². The Morgan fingerprint density at radius 3 is 2.25 bits per heavy atom. The second-order valence-electron chi connectivity index (χ2n) is 4.11. The molecular weight excluding hydrogens is 276 g/mol. The van der Waals surface area contributed by atoms with E-state index in [2.05, 4.69) is 0 Å². The van der Waals surface area contributed by atoms with Crippen LogP contribution in [-0.4, -0.2) is 8.42 Å². The number of nitrogens with two attached hydrogens (primary N) is 2. The van der Waals surface area contributed by atoms with Crippen LogP contribution in [0.2, 0.25) is 0 Å². The molecule has 0 aliphatic carbocycles. The van der Waals surface area contributed by atoms with Crippen molar-refractivity contribution in [3.05, 3.63) is 59.7 Å². The fourth-order valence-electron chi connectivity index (χ4n) is 1.61. The van der Waals surface area contributed by atoms with Crippen molar-refractivity contribution >= 4 is 28.1 Å². The predicted octanol–water partition coefficient (Wildman–Crippen LogP) is 2.02. The predicted molar refractivity (Wildman–Crippen MR) is 80.0 cm³/mol. The Bertz CT molecular complexity index is 722. The fourth-order valence-corrected chi connectivity index (χ4v) is 2.01. The molecule has 5 nitrogen and oxygen atoms in total. The van der Waals surface area contributed by atoms with Gasteiger partial charge >= 0.3 is 10.3 Å². The molecule has 0 saturated carbocycles. The van der Waals surface area contributed by atoms with E-state index < -0.39 is 10.3 Å². The quantitative estimate of drug-likeness (QED) is 0.665. The summed E-state index contributed by atoms with van der Waals surface area (Å²) in [6.07, 6.45) is 3.57. The molecule has 0 fully saturated rings. The molecule has 2 rings (SSSR count). The highest BCUT2D eigenvalue weighted by molar-refractivity contribution is 7.84. The topological polar surface area (TPSA) is 95.4 Å². The minimum atomic E-state index is -4.04. The fraction of sp³-hybridized carbons (Fsp3) is 0. The normalized spacial score (nSPS) is 11.7. The first-order valence-electron chi connectivity index (χ1n) is 5.79. The van der Waals surface area contributed by atoms with E-state index in [-0.39, 0.29) is 5.75 Å². The molecule has 0 aliphatic heterocycles. The van der Waals surface area contributed by atoms with E-state index in [1.807, 2.05) is 18.2 Å². The number of rotatable bonds is 4. The first-order chi connectivity index (χ1) is 9.44. The van der Waals surface area contributed by atoms with Crippen LogP contribution in [0.4, 0.5) is 5.69 Å². The van der Waals surface area contributed by atoms with Gasteiger partial charge < -0.3 is 9.92 Å². The maximum Gasteiger partial charge on any atom is 0.380 e. The van der Waals surface area contributed by atoms with Crippen LogP contribution in [-0.2, 0) is 10.3 Å². The summed E-state index contributed by atoms with van der Waals surface area (Å²) in [5.74, 6) is 0.182. The number of para-hydroxylation sites is 1. The van der Waals surface area contributed by atoms with Gasteiger partial charge in [0.2, 0.25) is 0 Å². The van der Waals surface area contributed by atoms with Gasteiger partial charge in [-0.05, 0) is 23.8 Å². The average molecular weight is 290 g/mol. The van der Waals surface area contributed by atoms with Crippen molar-refractivity contribution in [3.63, 3.8) is 0 Å². The zero-order chi connectivity index (χ0) is 14.6. The molecule has 0 heterocycles. The van der Waals surface area contributed by atoms with E-state index in [0.717, 1.165) is 5.56 Å². The zero-order valence-corrected chi connectivity index (χ0v) is 11.4. The first-order valence-corrected chi connectivity index (χ1v) is 7.26. The highest BCUT2D eigenvalue weighted by Crippen LogP contribution is 2.21. The highest BCUT2D eigenvalue weighted by atomic mass is 32.2. The van der Waals surface area contributed by atoms with Crippen LogP contribution in [0.3, 0.4) is 0 Å². The second kappa shape index (κ2) is 5.77. The number of anilines is 1. The Morgan fingerprint density at radius 1 is 0.950 bits per heavy atom. The lowest BCUT2D eigenvalue weighted by atomic mass is 10.1.